The van der Waals surface area contributed by atoms with Gasteiger partial charge in [-0.2, -0.15) is 0 Å². The highest BCUT2D eigenvalue weighted by atomic mass is 16.5. The van der Waals surface area contributed by atoms with Gasteiger partial charge in [-0.3, -0.25) is 4.79 Å². The number of methoxy groups -OCH3 is 1. The van der Waals surface area contributed by atoms with Crippen molar-refractivity contribution in [3.63, 3.8) is 0 Å². The Morgan fingerprint density at radius 3 is 2.44 bits per heavy atom. The average Bonchev–Trinajstić information content (AvgIpc) is 2.71. The number of carboxylic acids is 1. The Bertz CT molecular complexity index is 325. The molecule has 0 saturated carbocycles. The van der Waals surface area contributed by atoms with Crippen LogP contribution < -0.4 is 10.6 Å². The summed E-state index contributed by atoms with van der Waals surface area (Å²) in [6, 6.07) is -1.27. The summed E-state index contributed by atoms with van der Waals surface area (Å²) in [5.41, 5.74) is -0.527. The topological polar surface area (TPSA) is 87.7 Å². The van der Waals surface area contributed by atoms with E-state index in [0.717, 1.165) is 0 Å². The zero-order valence-electron chi connectivity index (χ0n) is 11.3. The monoisotopic (exact) mass is 258 g/mol. The zero-order valence-corrected chi connectivity index (χ0v) is 11.3. The molecule has 1 aliphatic rings. The van der Waals surface area contributed by atoms with E-state index in [1.165, 1.54) is 0 Å². The van der Waals surface area contributed by atoms with Gasteiger partial charge in [-0.25, -0.2) is 4.79 Å². The maximum Gasteiger partial charge on any atom is 0.326 e. The lowest BCUT2D eigenvalue weighted by atomic mass is 9.86. The van der Waals surface area contributed by atoms with Gasteiger partial charge in [0.25, 0.3) is 0 Å². The van der Waals surface area contributed by atoms with E-state index in [-0.39, 0.29) is 18.1 Å². The second kappa shape index (κ2) is 5.67. The summed E-state index contributed by atoms with van der Waals surface area (Å²) in [7, 11) is 1.60. The lowest BCUT2D eigenvalue weighted by molar-refractivity contribution is -0.145. The first-order valence-electron chi connectivity index (χ1n) is 6.05. The van der Waals surface area contributed by atoms with E-state index < -0.39 is 17.4 Å². The molecule has 1 saturated heterocycles. The fourth-order valence-corrected chi connectivity index (χ4v) is 1.97. The van der Waals surface area contributed by atoms with Crippen LogP contribution in [-0.4, -0.2) is 48.8 Å². The predicted octanol–water partition coefficient (Wildman–Crippen LogP) is -0.0212. The Kier molecular flexibility index (Phi) is 4.70. The number of hydrogen-bond donors (Lipinski definition) is 3. The SMILES string of the molecule is COC1CNC(C(=O)N[C@H](C(=O)O)C(C)(C)C)C1. The van der Waals surface area contributed by atoms with Crippen LogP contribution in [0, 0.1) is 5.41 Å². The lowest BCUT2D eigenvalue weighted by Gasteiger charge is -2.28. The van der Waals surface area contributed by atoms with Crippen molar-refractivity contribution in [2.45, 2.75) is 45.4 Å². The van der Waals surface area contributed by atoms with Crippen molar-refractivity contribution in [1.29, 1.82) is 0 Å². The van der Waals surface area contributed by atoms with E-state index in [1.807, 2.05) is 0 Å². The molecular formula is C12H22N2O4. The summed E-state index contributed by atoms with van der Waals surface area (Å²) in [5, 5.41) is 14.7. The third-order valence-corrected chi connectivity index (χ3v) is 3.14. The molecule has 0 bridgehead atoms. The molecule has 0 aliphatic carbocycles. The van der Waals surface area contributed by atoms with E-state index in [4.69, 9.17) is 9.84 Å². The Labute approximate surface area is 107 Å². The highest BCUT2D eigenvalue weighted by molar-refractivity contribution is 5.87. The molecule has 2 unspecified atom stereocenters. The fourth-order valence-electron chi connectivity index (χ4n) is 1.97. The minimum absolute atomic E-state index is 0.0127. The van der Waals surface area contributed by atoms with Gasteiger partial charge in [-0.05, 0) is 11.8 Å². The molecular weight excluding hydrogens is 236 g/mol. The van der Waals surface area contributed by atoms with Crippen molar-refractivity contribution in [1.82, 2.24) is 10.6 Å². The van der Waals surface area contributed by atoms with E-state index in [2.05, 4.69) is 10.6 Å². The van der Waals surface area contributed by atoms with E-state index >= 15 is 0 Å². The Morgan fingerprint density at radius 2 is 2.06 bits per heavy atom. The number of hydrogen-bond acceptors (Lipinski definition) is 4. The summed E-state index contributed by atoms with van der Waals surface area (Å²) < 4.78 is 5.15. The van der Waals surface area contributed by atoms with Crippen molar-refractivity contribution >= 4 is 11.9 Å². The van der Waals surface area contributed by atoms with Crippen molar-refractivity contribution in [3.8, 4) is 0 Å². The van der Waals surface area contributed by atoms with Crippen LogP contribution in [-0.2, 0) is 14.3 Å². The van der Waals surface area contributed by atoms with E-state index in [0.29, 0.717) is 13.0 Å². The van der Waals surface area contributed by atoms with Gasteiger partial charge in [0, 0.05) is 13.7 Å². The van der Waals surface area contributed by atoms with Gasteiger partial charge in [-0.1, -0.05) is 20.8 Å². The molecule has 6 nitrogen and oxygen atoms in total. The minimum Gasteiger partial charge on any atom is -0.480 e. The second-order valence-corrected chi connectivity index (χ2v) is 5.70. The standard InChI is InChI=1S/C12H22N2O4/c1-12(2,3)9(11(16)17)14-10(15)8-5-7(18-4)6-13-8/h7-9,13H,5-6H2,1-4H3,(H,14,15)(H,16,17)/t7?,8?,9-/m1/s1. The van der Waals surface area contributed by atoms with Crippen LogP contribution in [0.15, 0.2) is 0 Å². The number of carbonyl (C=O) groups is 2. The molecule has 0 aromatic heterocycles. The number of carboxylic acid groups (broad SMARTS) is 1. The van der Waals surface area contributed by atoms with Gasteiger partial charge < -0.3 is 20.5 Å². The Balaban J connectivity index is 2.60. The van der Waals surface area contributed by atoms with Crippen molar-refractivity contribution in [3.05, 3.63) is 0 Å². The van der Waals surface area contributed by atoms with Crippen LogP contribution in [0.5, 0.6) is 0 Å². The summed E-state index contributed by atoms with van der Waals surface area (Å²) in [4.78, 5) is 23.1. The summed E-state index contributed by atoms with van der Waals surface area (Å²) in [6.45, 7) is 5.96. The second-order valence-electron chi connectivity index (χ2n) is 5.70. The molecule has 1 fully saturated rings. The molecule has 0 radical (unpaired) electrons. The molecule has 0 aromatic rings. The molecule has 1 rings (SSSR count). The molecule has 1 aliphatic heterocycles. The molecule has 18 heavy (non-hydrogen) atoms. The fraction of sp³-hybridized carbons (Fsp3) is 0.833. The molecule has 0 aromatic carbocycles. The maximum atomic E-state index is 12.0. The number of rotatable bonds is 4. The van der Waals surface area contributed by atoms with Crippen LogP contribution in [0.4, 0.5) is 0 Å². The van der Waals surface area contributed by atoms with Crippen LogP contribution in [0.2, 0.25) is 0 Å². The van der Waals surface area contributed by atoms with Crippen molar-refractivity contribution in [2.75, 3.05) is 13.7 Å². The van der Waals surface area contributed by atoms with Gasteiger partial charge in [-0.15, -0.1) is 0 Å². The summed E-state index contributed by atoms with van der Waals surface area (Å²) in [5.74, 6) is -1.30. The first-order chi connectivity index (χ1) is 8.25. The van der Waals surface area contributed by atoms with Crippen LogP contribution in [0.3, 0.4) is 0 Å². The van der Waals surface area contributed by atoms with Gasteiger partial charge in [0.1, 0.15) is 6.04 Å². The minimum atomic E-state index is -1.02. The van der Waals surface area contributed by atoms with E-state index in [9.17, 15) is 9.59 Å². The highest BCUT2D eigenvalue weighted by Gasteiger charge is 2.36. The van der Waals surface area contributed by atoms with Gasteiger partial charge in [0.15, 0.2) is 0 Å². The van der Waals surface area contributed by atoms with Crippen LogP contribution in [0.1, 0.15) is 27.2 Å². The molecule has 1 amide bonds. The number of ether oxygens (including phenoxy) is 1. The smallest absolute Gasteiger partial charge is 0.326 e. The molecule has 0 spiro atoms. The molecule has 104 valence electrons. The molecule has 6 heteroatoms. The van der Waals surface area contributed by atoms with E-state index in [1.54, 1.807) is 27.9 Å². The third-order valence-electron chi connectivity index (χ3n) is 3.14. The van der Waals surface area contributed by atoms with Crippen molar-refractivity contribution < 1.29 is 19.4 Å². The largest absolute Gasteiger partial charge is 0.480 e. The molecule has 3 atom stereocenters. The predicted molar refractivity (Wildman–Crippen MR) is 66.2 cm³/mol. The number of carbonyl (C=O) groups excluding carboxylic acids is 1. The number of nitrogens with one attached hydrogen (secondary N) is 2. The maximum absolute atomic E-state index is 12.0. The van der Waals surface area contributed by atoms with Crippen LogP contribution in [0.25, 0.3) is 0 Å². The van der Waals surface area contributed by atoms with Crippen molar-refractivity contribution in [2.24, 2.45) is 5.41 Å². The molecule has 3 N–H and O–H groups in total. The quantitative estimate of drug-likeness (QED) is 0.659. The summed E-state index contributed by atoms with van der Waals surface area (Å²) >= 11 is 0. The Hall–Kier alpha value is -1.14. The van der Waals surface area contributed by atoms with Crippen LogP contribution >= 0.6 is 0 Å². The summed E-state index contributed by atoms with van der Waals surface area (Å²) in [6.07, 6.45) is 0.581. The zero-order chi connectivity index (χ0) is 13.9. The number of aliphatic carboxylic acids is 1. The van der Waals surface area contributed by atoms with Gasteiger partial charge in [0.05, 0.1) is 12.1 Å². The lowest BCUT2D eigenvalue weighted by Crippen LogP contribution is -2.53. The Morgan fingerprint density at radius 1 is 1.44 bits per heavy atom. The third kappa shape index (κ3) is 3.68. The van der Waals surface area contributed by atoms with Gasteiger partial charge in [0.2, 0.25) is 5.91 Å². The normalized spacial score (nSPS) is 25.8. The first kappa shape index (κ1) is 14.9. The average molecular weight is 258 g/mol. The van der Waals surface area contributed by atoms with Gasteiger partial charge >= 0.3 is 5.97 Å². The molecule has 1 heterocycles. The highest BCUT2D eigenvalue weighted by Crippen LogP contribution is 2.20. The number of amides is 1. The first-order valence-corrected chi connectivity index (χ1v) is 6.05.